The second-order valence-corrected chi connectivity index (χ2v) is 4.81. The van der Waals surface area contributed by atoms with E-state index in [9.17, 15) is 0 Å². The van der Waals surface area contributed by atoms with E-state index in [0.717, 1.165) is 5.75 Å². The highest BCUT2D eigenvalue weighted by Gasteiger charge is 2.15. The molecule has 0 bridgehead atoms. The molecule has 0 saturated carbocycles. The highest BCUT2D eigenvalue weighted by molar-refractivity contribution is 5.35. The molecule has 0 spiro atoms. The van der Waals surface area contributed by atoms with Gasteiger partial charge in [-0.2, -0.15) is 0 Å². The summed E-state index contributed by atoms with van der Waals surface area (Å²) in [5.74, 6) is 0.873. The van der Waals surface area contributed by atoms with Crippen molar-refractivity contribution in [3.8, 4) is 5.75 Å². The second kappa shape index (κ2) is 6.92. The fraction of sp³-hybridized carbons (Fsp3) is 0.222. The van der Waals surface area contributed by atoms with Crippen molar-refractivity contribution in [3.05, 3.63) is 78.4 Å². The molecule has 2 aromatic carbocycles. The molecule has 0 fully saturated rings. The van der Waals surface area contributed by atoms with Crippen LogP contribution in [0.5, 0.6) is 5.75 Å². The minimum Gasteiger partial charge on any atom is -0.497 e. The van der Waals surface area contributed by atoms with Crippen LogP contribution in [0.2, 0.25) is 0 Å². The number of rotatable bonds is 6. The topological polar surface area (TPSA) is 21.3 Å². The molecule has 104 valence electrons. The first-order valence-electron chi connectivity index (χ1n) is 6.82. The maximum absolute atomic E-state index is 5.22. The van der Waals surface area contributed by atoms with Crippen molar-refractivity contribution in [1.29, 1.82) is 0 Å². The van der Waals surface area contributed by atoms with Crippen LogP contribution in [0.3, 0.4) is 0 Å². The number of ether oxygens (including phenoxy) is 1. The molecule has 0 saturated heterocycles. The largest absolute Gasteiger partial charge is 0.497 e. The molecule has 2 nitrogen and oxygen atoms in total. The monoisotopic (exact) mass is 267 g/mol. The normalized spacial score (nSPS) is 13.5. The lowest BCUT2D eigenvalue weighted by Crippen LogP contribution is -2.29. The Morgan fingerprint density at radius 1 is 1.00 bits per heavy atom. The van der Waals surface area contributed by atoms with E-state index in [4.69, 9.17) is 4.74 Å². The van der Waals surface area contributed by atoms with Crippen molar-refractivity contribution in [3.63, 3.8) is 0 Å². The number of nitrogens with one attached hydrogen (secondary N) is 1. The highest BCUT2D eigenvalue weighted by atomic mass is 16.5. The molecule has 0 aliphatic heterocycles. The molecular weight excluding hydrogens is 246 g/mol. The molecule has 20 heavy (non-hydrogen) atoms. The Hall–Kier alpha value is -2.06. The van der Waals surface area contributed by atoms with E-state index in [0.29, 0.717) is 0 Å². The molecule has 0 aromatic heterocycles. The van der Waals surface area contributed by atoms with Crippen molar-refractivity contribution in [2.75, 3.05) is 7.11 Å². The average molecular weight is 267 g/mol. The minimum absolute atomic E-state index is 0.148. The molecule has 2 unspecified atom stereocenters. The summed E-state index contributed by atoms with van der Waals surface area (Å²) in [6.07, 6.45) is 1.92. The molecule has 0 aliphatic rings. The fourth-order valence-corrected chi connectivity index (χ4v) is 2.16. The second-order valence-electron chi connectivity index (χ2n) is 4.81. The Bertz CT molecular complexity index is 533. The molecule has 0 heterocycles. The molecule has 0 amide bonds. The Morgan fingerprint density at radius 2 is 1.60 bits per heavy atom. The number of hydrogen-bond donors (Lipinski definition) is 1. The third-order valence-corrected chi connectivity index (χ3v) is 3.37. The van der Waals surface area contributed by atoms with Crippen LogP contribution in [0.1, 0.15) is 24.1 Å². The summed E-state index contributed by atoms with van der Waals surface area (Å²) in [5.41, 5.74) is 2.46. The van der Waals surface area contributed by atoms with Crippen LogP contribution in [0.25, 0.3) is 0 Å². The summed E-state index contributed by atoms with van der Waals surface area (Å²) < 4.78 is 5.22. The smallest absolute Gasteiger partial charge is 0.118 e. The third-order valence-electron chi connectivity index (χ3n) is 3.37. The van der Waals surface area contributed by atoms with Gasteiger partial charge in [-0.15, -0.1) is 6.58 Å². The van der Waals surface area contributed by atoms with E-state index in [-0.39, 0.29) is 12.1 Å². The lowest BCUT2D eigenvalue weighted by molar-refractivity contribution is 0.414. The summed E-state index contributed by atoms with van der Waals surface area (Å²) in [7, 11) is 1.68. The van der Waals surface area contributed by atoms with Crippen molar-refractivity contribution in [1.82, 2.24) is 5.32 Å². The number of benzene rings is 2. The fourth-order valence-electron chi connectivity index (χ4n) is 2.16. The van der Waals surface area contributed by atoms with Crippen molar-refractivity contribution in [2.45, 2.75) is 19.0 Å². The average Bonchev–Trinajstić information content (AvgIpc) is 2.53. The van der Waals surface area contributed by atoms with Crippen LogP contribution < -0.4 is 10.1 Å². The summed E-state index contributed by atoms with van der Waals surface area (Å²) in [6.45, 7) is 5.95. The van der Waals surface area contributed by atoms with Crippen LogP contribution in [0.4, 0.5) is 0 Å². The van der Waals surface area contributed by atoms with Crippen molar-refractivity contribution in [2.24, 2.45) is 0 Å². The Morgan fingerprint density at radius 3 is 2.15 bits per heavy atom. The van der Waals surface area contributed by atoms with Gasteiger partial charge < -0.3 is 10.1 Å². The van der Waals surface area contributed by atoms with Gasteiger partial charge in [-0.3, -0.25) is 0 Å². The summed E-state index contributed by atoms with van der Waals surface area (Å²) >= 11 is 0. The van der Waals surface area contributed by atoms with E-state index >= 15 is 0 Å². The zero-order chi connectivity index (χ0) is 14.4. The van der Waals surface area contributed by atoms with E-state index in [1.54, 1.807) is 7.11 Å². The minimum atomic E-state index is 0.148. The van der Waals surface area contributed by atoms with E-state index in [2.05, 4.69) is 55.2 Å². The van der Waals surface area contributed by atoms with Gasteiger partial charge in [0.25, 0.3) is 0 Å². The first kappa shape index (κ1) is 14.4. The van der Waals surface area contributed by atoms with Gasteiger partial charge in [-0.1, -0.05) is 48.5 Å². The van der Waals surface area contributed by atoms with Gasteiger partial charge >= 0.3 is 0 Å². The van der Waals surface area contributed by atoms with Gasteiger partial charge in [0.15, 0.2) is 0 Å². The molecule has 2 heteroatoms. The van der Waals surface area contributed by atoms with Gasteiger partial charge in [0.1, 0.15) is 5.75 Å². The third kappa shape index (κ3) is 3.49. The lowest BCUT2D eigenvalue weighted by atomic mass is 9.98. The van der Waals surface area contributed by atoms with Gasteiger partial charge in [0.05, 0.1) is 13.2 Å². The molecular formula is C18H21NO. The van der Waals surface area contributed by atoms with Gasteiger partial charge in [0.2, 0.25) is 0 Å². The molecule has 0 aliphatic carbocycles. The van der Waals surface area contributed by atoms with Gasteiger partial charge in [-0.05, 0) is 30.2 Å². The zero-order valence-electron chi connectivity index (χ0n) is 12.0. The highest BCUT2D eigenvalue weighted by Crippen LogP contribution is 2.24. The van der Waals surface area contributed by atoms with Crippen LogP contribution in [-0.2, 0) is 0 Å². The predicted octanol–water partition coefficient (Wildman–Crippen LogP) is 3.95. The summed E-state index contributed by atoms with van der Waals surface area (Å²) in [5, 5.41) is 3.58. The molecule has 0 radical (unpaired) electrons. The van der Waals surface area contributed by atoms with Crippen LogP contribution in [0, 0.1) is 0 Å². The quantitative estimate of drug-likeness (QED) is 0.800. The van der Waals surface area contributed by atoms with E-state index in [1.165, 1.54) is 11.1 Å². The molecule has 1 N–H and O–H groups in total. The van der Waals surface area contributed by atoms with Crippen LogP contribution in [0.15, 0.2) is 67.3 Å². The summed E-state index contributed by atoms with van der Waals surface area (Å²) in [6, 6.07) is 19.0. The molecule has 2 rings (SSSR count). The summed E-state index contributed by atoms with van der Waals surface area (Å²) in [4.78, 5) is 0. The Kier molecular flexibility index (Phi) is 4.97. The SMILES string of the molecule is C=CC(C)NC(c1ccccc1)c1ccc(OC)cc1. The maximum Gasteiger partial charge on any atom is 0.118 e. The van der Waals surface area contributed by atoms with Crippen LogP contribution in [-0.4, -0.2) is 13.2 Å². The van der Waals surface area contributed by atoms with Gasteiger partial charge in [-0.25, -0.2) is 0 Å². The molecule has 2 aromatic rings. The number of methoxy groups -OCH3 is 1. The Labute approximate surface area is 121 Å². The van der Waals surface area contributed by atoms with E-state index < -0.39 is 0 Å². The van der Waals surface area contributed by atoms with E-state index in [1.807, 2.05) is 24.3 Å². The number of hydrogen-bond acceptors (Lipinski definition) is 2. The van der Waals surface area contributed by atoms with Gasteiger partial charge in [0, 0.05) is 6.04 Å². The maximum atomic E-state index is 5.22. The Balaban J connectivity index is 2.32. The van der Waals surface area contributed by atoms with Crippen LogP contribution >= 0.6 is 0 Å². The molecule has 2 atom stereocenters. The first-order valence-corrected chi connectivity index (χ1v) is 6.82. The lowest BCUT2D eigenvalue weighted by Gasteiger charge is -2.23. The van der Waals surface area contributed by atoms with Crippen molar-refractivity contribution >= 4 is 0 Å². The predicted molar refractivity (Wildman–Crippen MR) is 84.1 cm³/mol. The standard InChI is InChI=1S/C18H21NO/c1-4-14(2)19-18(15-8-6-5-7-9-15)16-10-12-17(20-3)13-11-16/h4-14,18-19H,1H2,2-3H3. The van der Waals surface area contributed by atoms with Crippen molar-refractivity contribution < 1.29 is 4.74 Å². The first-order chi connectivity index (χ1) is 9.74. The zero-order valence-corrected chi connectivity index (χ0v) is 12.0.